The predicted molar refractivity (Wildman–Crippen MR) is 87.3 cm³/mol. The van der Waals surface area contributed by atoms with E-state index in [1.165, 1.54) is 12.1 Å². The van der Waals surface area contributed by atoms with Crippen molar-refractivity contribution in [3.8, 4) is 0 Å². The molecule has 0 aliphatic carbocycles. The average Bonchev–Trinajstić information content (AvgIpc) is 2.82. The summed E-state index contributed by atoms with van der Waals surface area (Å²) in [4.78, 5) is 11.2. The van der Waals surface area contributed by atoms with E-state index in [4.69, 9.17) is 11.6 Å². The zero-order valence-electron chi connectivity index (χ0n) is 10.9. The van der Waals surface area contributed by atoms with E-state index in [1.54, 1.807) is 23.5 Å². The van der Waals surface area contributed by atoms with Gasteiger partial charge in [-0.15, -0.1) is 11.3 Å². The van der Waals surface area contributed by atoms with Crippen molar-refractivity contribution in [2.75, 3.05) is 5.32 Å². The minimum atomic E-state index is -0.410. The van der Waals surface area contributed by atoms with Gasteiger partial charge in [-0.05, 0) is 18.2 Å². The highest BCUT2D eigenvalue weighted by Crippen LogP contribution is 2.35. The van der Waals surface area contributed by atoms with Crippen LogP contribution in [0.25, 0.3) is 10.1 Å². The standard InChI is InChI=1S/C15H11ClN2O2S/c16-15-12-3-1-2-4-13(12)21-14(15)9-17-10-5-7-11(8-6-10)18(19)20/h1-8,17H,9H2. The molecule has 0 radical (unpaired) electrons. The van der Waals surface area contributed by atoms with Crippen molar-refractivity contribution < 1.29 is 4.92 Å². The van der Waals surface area contributed by atoms with Gasteiger partial charge in [0.25, 0.3) is 5.69 Å². The first kappa shape index (κ1) is 13.9. The molecule has 0 aliphatic heterocycles. The van der Waals surface area contributed by atoms with Gasteiger partial charge in [0.15, 0.2) is 0 Å². The van der Waals surface area contributed by atoms with Crippen LogP contribution in [0, 0.1) is 10.1 Å². The van der Waals surface area contributed by atoms with Crippen molar-refractivity contribution in [3.63, 3.8) is 0 Å². The number of halogens is 1. The number of non-ortho nitro benzene ring substituents is 1. The molecule has 0 saturated heterocycles. The minimum Gasteiger partial charge on any atom is -0.380 e. The zero-order valence-corrected chi connectivity index (χ0v) is 12.4. The quantitative estimate of drug-likeness (QED) is 0.539. The van der Waals surface area contributed by atoms with E-state index in [1.807, 2.05) is 24.3 Å². The van der Waals surface area contributed by atoms with E-state index < -0.39 is 4.92 Å². The van der Waals surface area contributed by atoms with Gasteiger partial charge in [0.2, 0.25) is 0 Å². The van der Waals surface area contributed by atoms with E-state index in [2.05, 4.69) is 5.32 Å². The Morgan fingerprint density at radius 2 is 1.86 bits per heavy atom. The third-order valence-electron chi connectivity index (χ3n) is 3.13. The molecule has 1 N–H and O–H groups in total. The number of nitrogens with zero attached hydrogens (tertiary/aromatic N) is 1. The third kappa shape index (κ3) is 2.84. The molecule has 1 heterocycles. The molecule has 0 saturated carbocycles. The summed E-state index contributed by atoms with van der Waals surface area (Å²) in [5, 5.41) is 15.7. The van der Waals surface area contributed by atoms with Gasteiger partial charge < -0.3 is 5.32 Å². The summed E-state index contributed by atoms with van der Waals surface area (Å²) >= 11 is 8.02. The van der Waals surface area contributed by atoms with Crippen LogP contribution in [-0.2, 0) is 6.54 Å². The number of benzene rings is 2. The normalized spacial score (nSPS) is 10.7. The molecule has 4 nitrogen and oxygen atoms in total. The van der Waals surface area contributed by atoms with Crippen LogP contribution in [0.4, 0.5) is 11.4 Å². The second-order valence-electron chi connectivity index (χ2n) is 4.49. The SMILES string of the molecule is O=[N+]([O-])c1ccc(NCc2sc3ccccc3c2Cl)cc1. The molecule has 1 aromatic heterocycles. The lowest BCUT2D eigenvalue weighted by molar-refractivity contribution is -0.384. The lowest BCUT2D eigenvalue weighted by atomic mass is 10.2. The average molecular weight is 319 g/mol. The van der Waals surface area contributed by atoms with Crippen LogP contribution in [-0.4, -0.2) is 4.92 Å². The molecule has 0 atom stereocenters. The Morgan fingerprint density at radius 1 is 1.14 bits per heavy atom. The highest BCUT2D eigenvalue weighted by Gasteiger charge is 2.10. The van der Waals surface area contributed by atoms with Crippen LogP contribution >= 0.6 is 22.9 Å². The minimum absolute atomic E-state index is 0.0837. The molecule has 3 aromatic rings. The molecule has 21 heavy (non-hydrogen) atoms. The second-order valence-corrected chi connectivity index (χ2v) is 6.01. The fourth-order valence-electron chi connectivity index (χ4n) is 2.06. The van der Waals surface area contributed by atoms with Crippen LogP contribution in [0.5, 0.6) is 0 Å². The highest BCUT2D eigenvalue weighted by atomic mass is 35.5. The Kier molecular flexibility index (Phi) is 3.77. The molecule has 2 aromatic carbocycles. The van der Waals surface area contributed by atoms with Crippen molar-refractivity contribution in [1.82, 2.24) is 0 Å². The summed E-state index contributed by atoms with van der Waals surface area (Å²) in [5.74, 6) is 0. The number of hydrogen-bond acceptors (Lipinski definition) is 4. The predicted octanol–water partition coefficient (Wildman–Crippen LogP) is 5.08. The van der Waals surface area contributed by atoms with Crippen LogP contribution in [0.1, 0.15) is 4.88 Å². The smallest absolute Gasteiger partial charge is 0.269 e. The number of anilines is 1. The van der Waals surface area contributed by atoms with Gasteiger partial charge in [0, 0.05) is 32.8 Å². The highest BCUT2D eigenvalue weighted by molar-refractivity contribution is 7.19. The van der Waals surface area contributed by atoms with Crippen molar-refractivity contribution in [1.29, 1.82) is 0 Å². The molecular weight excluding hydrogens is 308 g/mol. The number of rotatable bonds is 4. The summed E-state index contributed by atoms with van der Waals surface area (Å²) in [5.41, 5.74) is 0.912. The molecule has 0 bridgehead atoms. The fraction of sp³-hybridized carbons (Fsp3) is 0.0667. The van der Waals surface area contributed by atoms with Crippen LogP contribution < -0.4 is 5.32 Å². The first-order valence-corrected chi connectivity index (χ1v) is 7.49. The molecule has 0 fully saturated rings. The van der Waals surface area contributed by atoms with Gasteiger partial charge in [-0.3, -0.25) is 10.1 Å². The number of nitro groups is 1. The lowest BCUT2D eigenvalue weighted by Crippen LogP contribution is -1.98. The first-order valence-electron chi connectivity index (χ1n) is 6.29. The Hall–Kier alpha value is -2.11. The number of fused-ring (bicyclic) bond motifs is 1. The monoisotopic (exact) mass is 318 g/mol. The molecule has 0 amide bonds. The molecule has 0 unspecified atom stereocenters. The van der Waals surface area contributed by atoms with E-state index >= 15 is 0 Å². The van der Waals surface area contributed by atoms with Gasteiger partial charge >= 0.3 is 0 Å². The Balaban J connectivity index is 1.77. The van der Waals surface area contributed by atoms with Gasteiger partial charge in [-0.25, -0.2) is 0 Å². The fourth-order valence-corrected chi connectivity index (χ4v) is 3.50. The summed E-state index contributed by atoms with van der Waals surface area (Å²) in [7, 11) is 0. The molecule has 6 heteroatoms. The maximum absolute atomic E-state index is 10.6. The van der Waals surface area contributed by atoms with Gasteiger partial charge in [0.1, 0.15) is 0 Å². The molecule has 3 rings (SSSR count). The zero-order chi connectivity index (χ0) is 14.8. The lowest BCUT2D eigenvalue weighted by Gasteiger charge is -2.04. The summed E-state index contributed by atoms with van der Waals surface area (Å²) < 4.78 is 1.16. The molecule has 106 valence electrons. The largest absolute Gasteiger partial charge is 0.380 e. The maximum atomic E-state index is 10.6. The van der Waals surface area contributed by atoms with Gasteiger partial charge in [-0.1, -0.05) is 29.8 Å². The number of hydrogen-bond donors (Lipinski definition) is 1. The topological polar surface area (TPSA) is 55.2 Å². The molecule has 0 spiro atoms. The van der Waals surface area contributed by atoms with Crippen LogP contribution in [0.2, 0.25) is 5.02 Å². The maximum Gasteiger partial charge on any atom is 0.269 e. The van der Waals surface area contributed by atoms with Crippen molar-refractivity contribution >= 4 is 44.4 Å². The van der Waals surface area contributed by atoms with Crippen molar-refractivity contribution in [3.05, 3.63) is 68.5 Å². The third-order valence-corrected chi connectivity index (χ3v) is 4.85. The summed E-state index contributed by atoms with van der Waals surface area (Å²) in [6.07, 6.45) is 0. The van der Waals surface area contributed by atoms with E-state index in [0.29, 0.717) is 6.54 Å². The first-order chi connectivity index (χ1) is 10.1. The summed E-state index contributed by atoms with van der Waals surface area (Å²) in [6, 6.07) is 14.4. The Bertz CT molecular complexity index is 799. The Labute approximate surface area is 130 Å². The molecular formula is C15H11ClN2O2S. The van der Waals surface area contributed by atoms with Gasteiger partial charge in [0.05, 0.1) is 16.5 Å². The number of thiophene rings is 1. The molecule has 0 aliphatic rings. The van der Waals surface area contributed by atoms with E-state index in [-0.39, 0.29) is 5.69 Å². The van der Waals surface area contributed by atoms with E-state index in [9.17, 15) is 10.1 Å². The number of nitrogens with one attached hydrogen (secondary N) is 1. The number of nitro benzene ring substituents is 1. The van der Waals surface area contributed by atoms with Crippen LogP contribution in [0.15, 0.2) is 48.5 Å². The second kappa shape index (κ2) is 5.71. The van der Waals surface area contributed by atoms with Crippen molar-refractivity contribution in [2.24, 2.45) is 0 Å². The van der Waals surface area contributed by atoms with Crippen LogP contribution in [0.3, 0.4) is 0 Å². The Morgan fingerprint density at radius 3 is 2.52 bits per heavy atom. The van der Waals surface area contributed by atoms with E-state index in [0.717, 1.165) is 25.7 Å². The summed E-state index contributed by atoms with van der Waals surface area (Å²) in [6.45, 7) is 0.593. The van der Waals surface area contributed by atoms with Crippen molar-refractivity contribution in [2.45, 2.75) is 6.54 Å². The van der Waals surface area contributed by atoms with Gasteiger partial charge in [-0.2, -0.15) is 0 Å².